The Bertz CT molecular complexity index is 1250. The molecule has 0 radical (unpaired) electrons. The first-order valence-electron chi connectivity index (χ1n) is 12.8. The molecule has 0 spiro atoms. The van der Waals surface area contributed by atoms with Gasteiger partial charge in [0.25, 0.3) is 5.91 Å². The van der Waals surface area contributed by atoms with Crippen LogP contribution >= 0.6 is 0 Å². The zero-order chi connectivity index (χ0) is 28.1. The second-order valence-corrected chi connectivity index (χ2v) is 10.6. The number of nitrogens with one attached hydrogen (secondary N) is 2. The Hall–Kier alpha value is -3.43. The largest absolute Gasteiger partial charge is 0.494 e. The number of carbonyl (C=O) groups excluding carboxylic acids is 2. The van der Waals surface area contributed by atoms with Crippen molar-refractivity contribution < 1.29 is 32.2 Å². The number of hydrogen-bond donors (Lipinski definition) is 2. The lowest BCUT2D eigenvalue weighted by atomic mass is 10.2. The van der Waals surface area contributed by atoms with Crippen LogP contribution in [0.1, 0.15) is 36.5 Å². The van der Waals surface area contributed by atoms with E-state index < -0.39 is 22.0 Å². The molecule has 1 unspecified atom stereocenters. The molecular formula is C28H35N3O7S. The summed E-state index contributed by atoms with van der Waals surface area (Å²) in [7, 11) is -2.87. The highest BCUT2D eigenvalue weighted by Gasteiger charge is 2.26. The topological polar surface area (TPSA) is 123 Å². The van der Waals surface area contributed by atoms with Crippen LogP contribution in [0.5, 0.6) is 5.75 Å². The van der Waals surface area contributed by atoms with Crippen LogP contribution in [0.2, 0.25) is 0 Å². The third-order valence-corrected chi connectivity index (χ3v) is 7.41. The zero-order valence-corrected chi connectivity index (χ0v) is 23.1. The Morgan fingerprint density at radius 1 is 1.05 bits per heavy atom. The first kappa shape index (κ1) is 30.1. The summed E-state index contributed by atoms with van der Waals surface area (Å²) in [4.78, 5) is 26.9. The molecule has 1 saturated heterocycles. The van der Waals surface area contributed by atoms with E-state index in [2.05, 4.69) is 33.7 Å². The summed E-state index contributed by atoms with van der Waals surface area (Å²) in [5.74, 6) is 5.46. The molecule has 210 valence electrons. The monoisotopic (exact) mass is 557 g/mol. The fraction of sp³-hybridized carbons (Fsp3) is 0.429. The van der Waals surface area contributed by atoms with Gasteiger partial charge >= 0.3 is 5.97 Å². The average molecular weight is 558 g/mol. The number of hydrogen-bond acceptors (Lipinski definition) is 8. The zero-order valence-electron chi connectivity index (χ0n) is 22.3. The van der Waals surface area contributed by atoms with Crippen LogP contribution in [0, 0.1) is 11.8 Å². The summed E-state index contributed by atoms with van der Waals surface area (Å²) in [5.41, 5.74) is 0.854. The maximum absolute atomic E-state index is 12.9. The molecule has 2 aromatic carbocycles. The highest BCUT2D eigenvalue weighted by atomic mass is 32.2. The fourth-order valence-electron chi connectivity index (χ4n) is 3.63. The minimum absolute atomic E-state index is 0.0349. The van der Waals surface area contributed by atoms with Gasteiger partial charge in [0.1, 0.15) is 11.8 Å². The number of rotatable bonds is 12. The number of nitrogens with zero attached hydrogens (tertiary/aromatic N) is 1. The minimum atomic E-state index is -4.06. The normalized spacial score (nSPS) is 14.5. The molecule has 1 heterocycles. The molecule has 3 rings (SSSR count). The first-order chi connectivity index (χ1) is 18.8. The second-order valence-electron chi connectivity index (χ2n) is 8.85. The highest BCUT2D eigenvalue weighted by Crippen LogP contribution is 2.18. The summed E-state index contributed by atoms with van der Waals surface area (Å²) < 4.78 is 43.9. The smallest absolute Gasteiger partial charge is 0.324 e. The Kier molecular flexibility index (Phi) is 11.8. The van der Waals surface area contributed by atoms with E-state index >= 15 is 0 Å². The number of benzene rings is 2. The van der Waals surface area contributed by atoms with Crippen LogP contribution in [-0.4, -0.2) is 77.8 Å². The van der Waals surface area contributed by atoms with Crippen molar-refractivity contribution in [3.05, 3.63) is 54.1 Å². The van der Waals surface area contributed by atoms with Gasteiger partial charge in [0, 0.05) is 30.8 Å². The molecule has 1 atom stereocenters. The molecule has 0 saturated carbocycles. The number of morpholine rings is 1. The number of esters is 1. The number of carbonyl (C=O) groups is 2. The molecule has 10 nitrogen and oxygen atoms in total. The van der Waals surface area contributed by atoms with Crippen molar-refractivity contribution in [2.45, 2.75) is 37.1 Å². The molecule has 1 aliphatic heterocycles. The van der Waals surface area contributed by atoms with Crippen LogP contribution in [0.3, 0.4) is 0 Å². The average Bonchev–Trinajstić information content (AvgIpc) is 2.95. The van der Waals surface area contributed by atoms with Gasteiger partial charge in [0.15, 0.2) is 0 Å². The van der Waals surface area contributed by atoms with Gasteiger partial charge < -0.3 is 19.5 Å². The molecule has 0 aliphatic carbocycles. The van der Waals surface area contributed by atoms with Gasteiger partial charge in [-0.1, -0.05) is 25.2 Å². The van der Waals surface area contributed by atoms with Crippen LogP contribution in [0.15, 0.2) is 53.4 Å². The van der Waals surface area contributed by atoms with Crippen molar-refractivity contribution in [2.75, 3.05) is 51.9 Å². The highest BCUT2D eigenvalue weighted by molar-refractivity contribution is 7.89. The number of methoxy groups -OCH3 is 1. The van der Waals surface area contributed by atoms with E-state index in [1.165, 1.54) is 31.4 Å². The Morgan fingerprint density at radius 3 is 2.38 bits per heavy atom. The summed E-state index contributed by atoms with van der Waals surface area (Å²) in [6.07, 6.45) is 1.95. The van der Waals surface area contributed by atoms with Gasteiger partial charge in [-0.3, -0.25) is 14.5 Å². The summed E-state index contributed by atoms with van der Waals surface area (Å²) >= 11 is 0. The van der Waals surface area contributed by atoms with Gasteiger partial charge in [-0.2, -0.15) is 4.72 Å². The Labute approximate surface area is 230 Å². The molecule has 1 amide bonds. The molecule has 0 bridgehead atoms. The minimum Gasteiger partial charge on any atom is -0.494 e. The lowest BCUT2D eigenvalue weighted by Crippen LogP contribution is -2.41. The van der Waals surface area contributed by atoms with Crippen LogP contribution < -0.4 is 14.8 Å². The fourth-order valence-corrected chi connectivity index (χ4v) is 4.81. The van der Waals surface area contributed by atoms with E-state index in [0.717, 1.165) is 25.9 Å². The molecule has 1 fully saturated rings. The molecule has 39 heavy (non-hydrogen) atoms. The number of ether oxygens (including phenoxy) is 3. The van der Waals surface area contributed by atoms with Crippen LogP contribution in [0.25, 0.3) is 0 Å². The van der Waals surface area contributed by atoms with E-state index in [-0.39, 0.29) is 17.2 Å². The van der Waals surface area contributed by atoms with Crippen molar-refractivity contribution in [1.82, 2.24) is 9.62 Å². The van der Waals surface area contributed by atoms with Crippen LogP contribution in [0.4, 0.5) is 5.69 Å². The summed E-state index contributed by atoms with van der Waals surface area (Å²) in [5, 5.41) is 2.74. The number of anilines is 1. The number of sulfonamides is 1. The van der Waals surface area contributed by atoms with Crippen LogP contribution in [-0.2, 0) is 24.3 Å². The third kappa shape index (κ3) is 9.67. The van der Waals surface area contributed by atoms with E-state index in [9.17, 15) is 18.0 Å². The molecule has 11 heteroatoms. The lowest BCUT2D eigenvalue weighted by Gasteiger charge is -2.24. The predicted octanol–water partition coefficient (Wildman–Crippen LogP) is 2.66. The molecule has 0 aromatic heterocycles. The Balaban J connectivity index is 1.58. The predicted molar refractivity (Wildman–Crippen MR) is 147 cm³/mol. The van der Waals surface area contributed by atoms with Gasteiger partial charge in [0.2, 0.25) is 10.0 Å². The quantitative estimate of drug-likeness (QED) is 0.232. The van der Waals surface area contributed by atoms with Crippen molar-refractivity contribution >= 4 is 27.6 Å². The second kappa shape index (κ2) is 15.2. The maximum atomic E-state index is 12.9. The van der Waals surface area contributed by atoms with Gasteiger partial charge in [-0.15, -0.1) is 0 Å². The summed E-state index contributed by atoms with van der Waals surface area (Å²) in [6.45, 7) is 6.06. The third-order valence-electron chi connectivity index (χ3n) is 5.93. The molecule has 2 N–H and O–H groups in total. The van der Waals surface area contributed by atoms with E-state index in [1.54, 1.807) is 24.3 Å². The van der Waals surface area contributed by atoms with Crippen molar-refractivity contribution in [3.63, 3.8) is 0 Å². The van der Waals surface area contributed by atoms with E-state index in [4.69, 9.17) is 14.2 Å². The van der Waals surface area contributed by atoms with Crippen molar-refractivity contribution in [1.29, 1.82) is 0 Å². The van der Waals surface area contributed by atoms with Gasteiger partial charge in [0.05, 0.1) is 38.4 Å². The number of amides is 1. The molecule has 1 aliphatic rings. The number of unbranched alkanes of at least 4 members (excludes halogenated alkanes) is 1. The SMILES string of the molecule is CCCCOc1ccc(C(=O)Nc2ccc(S(=O)(=O)NC(CC#CCN3CCOCC3)C(=O)OC)cc2)cc1. The summed E-state index contributed by atoms with van der Waals surface area (Å²) in [6, 6.07) is 11.3. The lowest BCUT2D eigenvalue weighted by molar-refractivity contribution is -0.142. The molecular weight excluding hydrogens is 522 g/mol. The first-order valence-corrected chi connectivity index (χ1v) is 14.3. The van der Waals surface area contributed by atoms with Crippen molar-refractivity contribution in [3.8, 4) is 17.6 Å². The van der Waals surface area contributed by atoms with Gasteiger partial charge in [-0.25, -0.2) is 8.42 Å². The molecule has 2 aromatic rings. The van der Waals surface area contributed by atoms with E-state index in [1.807, 2.05) is 0 Å². The van der Waals surface area contributed by atoms with E-state index in [0.29, 0.717) is 43.4 Å². The standard InChI is InChI=1S/C28H35N3O7S/c1-3-4-19-38-24-12-8-22(9-13-24)27(32)29-23-10-14-25(15-11-23)39(34,35)30-26(28(33)36-2)7-5-6-16-31-17-20-37-21-18-31/h8-15,26,30H,3-4,7,16-21H2,1-2H3,(H,29,32). The van der Waals surface area contributed by atoms with Gasteiger partial charge in [-0.05, 0) is 55.0 Å². The maximum Gasteiger partial charge on any atom is 0.324 e. The Morgan fingerprint density at radius 2 is 1.74 bits per heavy atom. The van der Waals surface area contributed by atoms with Crippen molar-refractivity contribution in [2.24, 2.45) is 0 Å².